The van der Waals surface area contributed by atoms with E-state index in [1.54, 1.807) is 6.20 Å². The average Bonchev–Trinajstić information content (AvgIpc) is 3.11. The first-order valence-electron chi connectivity index (χ1n) is 6.19. The summed E-state index contributed by atoms with van der Waals surface area (Å²) < 4.78 is 5.75. The standard InChI is InChI=1S/C13H16N2O2/c16-13(10-4-5-10)15-8-6-11(9-15)17-12-3-1-2-7-14-12/h1-3,7,10-11H,4-6,8-9H2. The third kappa shape index (κ3) is 2.40. The molecule has 1 amide bonds. The Labute approximate surface area is 101 Å². The van der Waals surface area contributed by atoms with Crippen LogP contribution in [0.4, 0.5) is 0 Å². The minimum Gasteiger partial charge on any atom is -0.472 e. The van der Waals surface area contributed by atoms with Crippen LogP contribution in [-0.2, 0) is 4.79 Å². The molecule has 1 saturated heterocycles. The highest BCUT2D eigenvalue weighted by atomic mass is 16.5. The Morgan fingerprint density at radius 3 is 2.94 bits per heavy atom. The number of amides is 1. The number of pyridine rings is 1. The summed E-state index contributed by atoms with van der Waals surface area (Å²) >= 11 is 0. The van der Waals surface area contributed by atoms with Crippen molar-refractivity contribution < 1.29 is 9.53 Å². The molecular formula is C13H16N2O2. The fraction of sp³-hybridized carbons (Fsp3) is 0.538. The SMILES string of the molecule is O=C(C1CC1)N1CCC(Oc2ccccn2)C1. The zero-order valence-electron chi connectivity index (χ0n) is 9.71. The summed E-state index contributed by atoms with van der Waals surface area (Å²) in [7, 11) is 0. The van der Waals surface area contributed by atoms with Gasteiger partial charge in [0.15, 0.2) is 0 Å². The molecule has 3 rings (SSSR count). The molecule has 0 radical (unpaired) electrons. The number of carbonyl (C=O) groups is 1. The van der Waals surface area contributed by atoms with E-state index in [9.17, 15) is 4.79 Å². The topological polar surface area (TPSA) is 42.4 Å². The van der Waals surface area contributed by atoms with Gasteiger partial charge in [0.05, 0.1) is 6.54 Å². The van der Waals surface area contributed by atoms with E-state index in [1.165, 1.54) is 0 Å². The summed E-state index contributed by atoms with van der Waals surface area (Å²) in [6.07, 6.45) is 4.88. The second kappa shape index (κ2) is 4.35. The van der Waals surface area contributed by atoms with Gasteiger partial charge in [0.2, 0.25) is 11.8 Å². The van der Waals surface area contributed by atoms with E-state index in [0.717, 1.165) is 25.8 Å². The Hall–Kier alpha value is -1.58. The minimum absolute atomic E-state index is 0.104. The van der Waals surface area contributed by atoms with E-state index < -0.39 is 0 Å². The lowest BCUT2D eigenvalue weighted by Crippen LogP contribution is -2.32. The predicted octanol–water partition coefficient (Wildman–Crippen LogP) is 1.47. The monoisotopic (exact) mass is 232 g/mol. The fourth-order valence-electron chi connectivity index (χ4n) is 2.20. The van der Waals surface area contributed by atoms with Gasteiger partial charge in [0.25, 0.3) is 0 Å². The number of nitrogens with zero attached hydrogens (tertiary/aromatic N) is 2. The molecule has 0 N–H and O–H groups in total. The third-order valence-electron chi connectivity index (χ3n) is 3.31. The van der Waals surface area contributed by atoms with Crippen LogP contribution in [0.1, 0.15) is 19.3 Å². The number of aromatic nitrogens is 1. The Balaban J connectivity index is 1.55. The number of ether oxygens (including phenoxy) is 1. The lowest BCUT2D eigenvalue weighted by molar-refractivity contribution is -0.131. The molecule has 1 saturated carbocycles. The van der Waals surface area contributed by atoms with Gasteiger partial charge in [0.1, 0.15) is 6.10 Å². The lowest BCUT2D eigenvalue weighted by atomic mass is 10.3. The number of hydrogen-bond donors (Lipinski definition) is 0. The summed E-state index contributed by atoms with van der Waals surface area (Å²) in [5, 5.41) is 0. The van der Waals surface area contributed by atoms with Crippen molar-refractivity contribution in [2.75, 3.05) is 13.1 Å². The van der Waals surface area contributed by atoms with Crippen LogP contribution in [-0.4, -0.2) is 35.0 Å². The first-order chi connectivity index (χ1) is 8.33. The third-order valence-corrected chi connectivity index (χ3v) is 3.31. The highest BCUT2D eigenvalue weighted by Gasteiger charge is 2.37. The van der Waals surface area contributed by atoms with Crippen molar-refractivity contribution in [2.45, 2.75) is 25.4 Å². The van der Waals surface area contributed by atoms with Crippen LogP contribution in [0.3, 0.4) is 0 Å². The summed E-state index contributed by atoms with van der Waals surface area (Å²) in [5.41, 5.74) is 0. The zero-order valence-corrected chi connectivity index (χ0v) is 9.71. The van der Waals surface area contributed by atoms with E-state index >= 15 is 0 Å². The van der Waals surface area contributed by atoms with Gasteiger partial charge in [-0.15, -0.1) is 0 Å². The van der Waals surface area contributed by atoms with E-state index in [4.69, 9.17) is 4.74 Å². The molecule has 2 heterocycles. The summed E-state index contributed by atoms with van der Waals surface area (Å²) in [4.78, 5) is 17.9. The number of likely N-dealkylation sites (tertiary alicyclic amines) is 1. The molecule has 1 aliphatic carbocycles. The highest BCUT2D eigenvalue weighted by molar-refractivity contribution is 5.81. The van der Waals surface area contributed by atoms with Gasteiger partial charge in [-0.2, -0.15) is 0 Å². The molecule has 0 bridgehead atoms. The molecule has 0 aromatic carbocycles. The van der Waals surface area contributed by atoms with Crippen LogP contribution in [0, 0.1) is 5.92 Å². The molecule has 17 heavy (non-hydrogen) atoms. The molecule has 1 aromatic heterocycles. The van der Waals surface area contributed by atoms with Crippen molar-refractivity contribution in [3.63, 3.8) is 0 Å². The first-order valence-corrected chi connectivity index (χ1v) is 6.19. The van der Waals surface area contributed by atoms with Crippen LogP contribution >= 0.6 is 0 Å². The van der Waals surface area contributed by atoms with Gasteiger partial charge in [0, 0.05) is 31.1 Å². The Morgan fingerprint density at radius 2 is 2.24 bits per heavy atom. The number of hydrogen-bond acceptors (Lipinski definition) is 3. The molecule has 1 aromatic rings. The van der Waals surface area contributed by atoms with Crippen molar-refractivity contribution >= 4 is 5.91 Å². The molecule has 2 aliphatic rings. The Kier molecular flexibility index (Phi) is 2.71. The van der Waals surface area contributed by atoms with Gasteiger partial charge in [-0.25, -0.2) is 4.98 Å². The quantitative estimate of drug-likeness (QED) is 0.792. The van der Waals surface area contributed by atoms with Crippen LogP contribution in [0.2, 0.25) is 0 Å². The Morgan fingerprint density at radius 1 is 1.35 bits per heavy atom. The fourth-order valence-corrected chi connectivity index (χ4v) is 2.20. The molecule has 90 valence electrons. The van der Waals surface area contributed by atoms with E-state index in [-0.39, 0.29) is 6.10 Å². The highest BCUT2D eigenvalue weighted by Crippen LogP contribution is 2.32. The van der Waals surface area contributed by atoms with Crippen LogP contribution in [0.5, 0.6) is 5.88 Å². The van der Waals surface area contributed by atoms with Gasteiger partial charge in [-0.3, -0.25) is 4.79 Å². The predicted molar refractivity (Wildman–Crippen MR) is 62.6 cm³/mol. The van der Waals surface area contributed by atoms with Crippen LogP contribution < -0.4 is 4.74 Å². The molecule has 1 unspecified atom stereocenters. The minimum atomic E-state index is 0.104. The average molecular weight is 232 g/mol. The molecule has 4 heteroatoms. The zero-order chi connectivity index (χ0) is 11.7. The van der Waals surface area contributed by atoms with Crippen molar-refractivity contribution in [1.29, 1.82) is 0 Å². The molecule has 2 fully saturated rings. The largest absolute Gasteiger partial charge is 0.472 e. The molecule has 0 spiro atoms. The van der Waals surface area contributed by atoms with Gasteiger partial charge in [-0.05, 0) is 18.9 Å². The molecule has 1 atom stereocenters. The van der Waals surface area contributed by atoms with Crippen molar-refractivity contribution in [1.82, 2.24) is 9.88 Å². The van der Waals surface area contributed by atoms with Crippen LogP contribution in [0.15, 0.2) is 24.4 Å². The summed E-state index contributed by atoms with van der Waals surface area (Å²) in [5.74, 6) is 1.28. The van der Waals surface area contributed by atoms with Gasteiger partial charge in [-0.1, -0.05) is 6.07 Å². The van der Waals surface area contributed by atoms with E-state index in [1.807, 2.05) is 23.1 Å². The number of rotatable bonds is 3. The molecular weight excluding hydrogens is 216 g/mol. The molecule has 1 aliphatic heterocycles. The van der Waals surface area contributed by atoms with E-state index in [0.29, 0.717) is 24.2 Å². The van der Waals surface area contributed by atoms with Gasteiger partial charge < -0.3 is 9.64 Å². The summed E-state index contributed by atoms with van der Waals surface area (Å²) in [6, 6.07) is 5.63. The van der Waals surface area contributed by atoms with Gasteiger partial charge >= 0.3 is 0 Å². The normalized spacial score (nSPS) is 23.8. The van der Waals surface area contributed by atoms with E-state index in [2.05, 4.69) is 4.98 Å². The van der Waals surface area contributed by atoms with Crippen LogP contribution in [0.25, 0.3) is 0 Å². The first kappa shape index (κ1) is 10.6. The maximum atomic E-state index is 11.9. The second-order valence-corrected chi connectivity index (χ2v) is 4.76. The summed E-state index contributed by atoms with van der Waals surface area (Å²) in [6.45, 7) is 1.54. The Bertz CT molecular complexity index is 403. The lowest BCUT2D eigenvalue weighted by Gasteiger charge is -2.16. The smallest absolute Gasteiger partial charge is 0.225 e. The van der Waals surface area contributed by atoms with Crippen molar-refractivity contribution in [2.24, 2.45) is 5.92 Å². The molecule has 4 nitrogen and oxygen atoms in total. The van der Waals surface area contributed by atoms with Crippen molar-refractivity contribution in [3.8, 4) is 5.88 Å². The van der Waals surface area contributed by atoms with Crippen molar-refractivity contribution in [3.05, 3.63) is 24.4 Å². The maximum Gasteiger partial charge on any atom is 0.225 e. The number of carbonyl (C=O) groups excluding carboxylic acids is 1. The maximum absolute atomic E-state index is 11.9. The second-order valence-electron chi connectivity index (χ2n) is 4.76.